The van der Waals surface area contributed by atoms with Gasteiger partial charge in [0.15, 0.2) is 0 Å². The Morgan fingerprint density at radius 3 is 2.76 bits per heavy atom. The Hall–Kier alpha value is -2.91. The summed E-state index contributed by atoms with van der Waals surface area (Å²) in [7, 11) is 1.35. The van der Waals surface area contributed by atoms with Gasteiger partial charge in [0.2, 0.25) is 5.91 Å². The third-order valence-electron chi connectivity index (χ3n) is 2.88. The van der Waals surface area contributed by atoms with E-state index in [-0.39, 0.29) is 24.6 Å². The Morgan fingerprint density at radius 2 is 2.19 bits per heavy atom. The molecule has 2 heterocycles. The van der Waals surface area contributed by atoms with Crippen molar-refractivity contribution in [3.8, 4) is 0 Å². The van der Waals surface area contributed by atoms with Crippen molar-refractivity contribution in [3.63, 3.8) is 0 Å². The van der Waals surface area contributed by atoms with Crippen molar-refractivity contribution < 1.29 is 24.3 Å². The smallest absolute Gasteiger partial charge is 0.325 e. The van der Waals surface area contributed by atoms with Crippen molar-refractivity contribution in [2.75, 3.05) is 12.4 Å². The van der Waals surface area contributed by atoms with Crippen LogP contribution in [0.4, 0.5) is 10.5 Å². The molecular weight excluding hydrogens is 282 g/mol. The number of likely N-dealkylation sites (N-methyl/N-ethyl adjacent to an activating group) is 1. The second kappa shape index (κ2) is 5.61. The van der Waals surface area contributed by atoms with Gasteiger partial charge in [0.05, 0.1) is 18.3 Å². The van der Waals surface area contributed by atoms with Crippen LogP contribution < -0.4 is 10.6 Å². The van der Waals surface area contributed by atoms with Crippen molar-refractivity contribution >= 4 is 29.5 Å². The van der Waals surface area contributed by atoms with Gasteiger partial charge in [-0.2, -0.15) is 5.10 Å². The molecule has 4 amide bonds. The van der Waals surface area contributed by atoms with E-state index in [1.54, 1.807) is 0 Å². The highest BCUT2D eigenvalue weighted by Crippen LogP contribution is 2.11. The number of nitrogens with one attached hydrogen (secondary N) is 2. The number of nitrogens with zero attached hydrogens (tertiary/aromatic N) is 3. The fourth-order valence-corrected chi connectivity index (χ4v) is 1.85. The number of hydrogen-bond donors (Lipinski definition) is 3. The first-order valence-electron chi connectivity index (χ1n) is 5.99. The van der Waals surface area contributed by atoms with E-state index in [9.17, 15) is 19.2 Å². The highest BCUT2D eigenvalue weighted by molar-refractivity contribution is 6.07. The predicted octanol–water partition coefficient (Wildman–Crippen LogP) is -1.15. The van der Waals surface area contributed by atoms with Gasteiger partial charge in [-0.05, 0) is 0 Å². The molecule has 1 fully saturated rings. The lowest BCUT2D eigenvalue weighted by Gasteiger charge is -2.11. The minimum atomic E-state index is -1.06. The summed E-state index contributed by atoms with van der Waals surface area (Å²) in [4.78, 5) is 46.1. The van der Waals surface area contributed by atoms with Crippen LogP contribution >= 0.6 is 0 Å². The molecule has 10 heteroatoms. The van der Waals surface area contributed by atoms with Crippen LogP contribution in [0.3, 0.4) is 0 Å². The molecule has 21 heavy (non-hydrogen) atoms. The van der Waals surface area contributed by atoms with E-state index in [1.165, 1.54) is 19.4 Å². The lowest BCUT2D eigenvalue weighted by molar-refractivity contribution is -0.138. The summed E-state index contributed by atoms with van der Waals surface area (Å²) < 4.78 is 1.13. The van der Waals surface area contributed by atoms with Crippen LogP contribution in [0.2, 0.25) is 0 Å². The number of amides is 4. The largest absolute Gasteiger partial charge is 0.480 e. The molecule has 1 saturated heterocycles. The highest BCUT2D eigenvalue weighted by Gasteiger charge is 2.36. The standard InChI is InChI=1S/C11H13N5O5/c1-15-8(17)2-7(10(15)20)14-11(21)13-6-3-12-16(4-6)5-9(18)19/h3-4,7H,2,5H2,1H3,(H,18,19)(H2,13,14,21). The van der Waals surface area contributed by atoms with Crippen molar-refractivity contribution in [3.05, 3.63) is 12.4 Å². The molecule has 0 bridgehead atoms. The second-order valence-corrected chi connectivity index (χ2v) is 4.47. The average Bonchev–Trinajstić information content (AvgIpc) is 2.90. The molecule has 0 spiro atoms. The van der Waals surface area contributed by atoms with Crippen LogP contribution in [0.5, 0.6) is 0 Å². The van der Waals surface area contributed by atoms with Gasteiger partial charge in [-0.3, -0.25) is 24.0 Å². The molecule has 1 atom stereocenters. The summed E-state index contributed by atoms with van der Waals surface area (Å²) in [5.74, 6) is -1.90. The lowest BCUT2D eigenvalue weighted by Crippen LogP contribution is -2.42. The van der Waals surface area contributed by atoms with Gasteiger partial charge < -0.3 is 15.7 Å². The summed E-state index contributed by atoms with van der Waals surface area (Å²) in [6.45, 7) is -0.330. The molecule has 1 aliphatic heterocycles. The van der Waals surface area contributed by atoms with Gasteiger partial charge in [-0.25, -0.2) is 4.79 Å². The Bertz CT molecular complexity index is 610. The quantitative estimate of drug-likeness (QED) is 0.600. The minimum absolute atomic E-state index is 0.0823. The lowest BCUT2D eigenvalue weighted by atomic mass is 10.2. The molecule has 3 N–H and O–H groups in total. The zero-order valence-electron chi connectivity index (χ0n) is 11.1. The number of likely N-dealkylation sites (tertiary alicyclic amines) is 1. The molecule has 1 aromatic heterocycles. The fourth-order valence-electron chi connectivity index (χ4n) is 1.85. The van der Waals surface area contributed by atoms with Crippen molar-refractivity contribution in [2.45, 2.75) is 19.0 Å². The van der Waals surface area contributed by atoms with Crippen LogP contribution in [0.1, 0.15) is 6.42 Å². The summed E-state index contributed by atoms with van der Waals surface area (Å²) in [5.41, 5.74) is 0.277. The number of urea groups is 1. The van der Waals surface area contributed by atoms with E-state index in [4.69, 9.17) is 5.11 Å². The predicted molar refractivity (Wildman–Crippen MR) is 68.2 cm³/mol. The highest BCUT2D eigenvalue weighted by atomic mass is 16.4. The first-order chi connectivity index (χ1) is 9.86. The van der Waals surface area contributed by atoms with Gasteiger partial charge in [-0.1, -0.05) is 0 Å². The van der Waals surface area contributed by atoms with Gasteiger partial charge in [0.1, 0.15) is 12.6 Å². The molecule has 10 nitrogen and oxygen atoms in total. The average molecular weight is 295 g/mol. The monoisotopic (exact) mass is 295 g/mol. The van der Waals surface area contributed by atoms with Crippen LogP contribution in [0.25, 0.3) is 0 Å². The van der Waals surface area contributed by atoms with Crippen molar-refractivity contribution in [1.29, 1.82) is 0 Å². The van der Waals surface area contributed by atoms with Gasteiger partial charge in [0, 0.05) is 13.2 Å². The molecule has 0 saturated carbocycles. The molecule has 0 aliphatic carbocycles. The summed E-state index contributed by atoms with van der Waals surface area (Å²) >= 11 is 0. The normalized spacial score (nSPS) is 18.0. The van der Waals surface area contributed by atoms with E-state index in [0.717, 1.165) is 9.58 Å². The topological polar surface area (TPSA) is 134 Å². The zero-order valence-corrected chi connectivity index (χ0v) is 11.1. The first-order valence-corrected chi connectivity index (χ1v) is 5.99. The van der Waals surface area contributed by atoms with Crippen LogP contribution in [0, 0.1) is 0 Å². The van der Waals surface area contributed by atoms with E-state index < -0.39 is 23.9 Å². The molecule has 112 valence electrons. The molecule has 1 aliphatic rings. The number of anilines is 1. The van der Waals surface area contributed by atoms with Gasteiger partial charge in [0.25, 0.3) is 5.91 Å². The van der Waals surface area contributed by atoms with Crippen LogP contribution in [-0.4, -0.2) is 56.7 Å². The van der Waals surface area contributed by atoms with E-state index >= 15 is 0 Å². The number of carbonyl (C=O) groups is 4. The maximum atomic E-state index is 11.7. The Kier molecular flexibility index (Phi) is 3.87. The molecule has 1 unspecified atom stereocenters. The summed E-state index contributed by atoms with van der Waals surface area (Å²) in [6.07, 6.45) is 2.53. The molecule has 1 aromatic rings. The number of carbonyl (C=O) groups excluding carboxylic acids is 3. The van der Waals surface area contributed by atoms with E-state index in [1.807, 2.05) is 0 Å². The fraction of sp³-hybridized carbons (Fsp3) is 0.364. The summed E-state index contributed by atoms with van der Waals surface area (Å²) in [6, 6.07) is -1.57. The Balaban J connectivity index is 1.90. The summed E-state index contributed by atoms with van der Waals surface area (Å²) in [5, 5.41) is 17.1. The molecule has 0 aromatic carbocycles. The van der Waals surface area contributed by atoms with Crippen molar-refractivity contribution in [2.24, 2.45) is 0 Å². The third kappa shape index (κ3) is 3.35. The third-order valence-corrected chi connectivity index (χ3v) is 2.88. The molecular formula is C11H13N5O5. The van der Waals surface area contributed by atoms with Gasteiger partial charge in [-0.15, -0.1) is 0 Å². The number of imide groups is 1. The van der Waals surface area contributed by atoms with Gasteiger partial charge >= 0.3 is 12.0 Å². The van der Waals surface area contributed by atoms with E-state index in [0.29, 0.717) is 0 Å². The number of aromatic nitrogens is 2. The molecule has 0 radical (unpaired) electrons. The minimum Gasteiger partial charge on any atom is -0.480 e. The number of aliphatic carboxylic acids is 1. The second-order valence-electron chi connectivity index (χ2n) is 4.47. The maximum absolute atomic E-state index is 11.7. The number of carboxylic acid groups (broad SMARTS) is 1. The van der Waals surface area contributed by atoms with E-state index in [2.05, 4.69) is 15.7 Å². The zero-order chi connectivity index (χ0) is 15.6. The Labute approximate surface area is 118 Å². The maximum Gasteiger partial charge on any atom is 0.325 e. The molecule has 2 rings (SSSR count). The SMILES string of the molecule is CN1C(=O)CC(NC(=O)Nc2cnn(CC(=O)O)c2)C1=O. The number of rotatable bonds is 4. The number of hydrogen-bond acceptors (Lipinski definition) is 5. The van der Waals surface area contributed by atoms with Crippen LogP contribution in [-0.2, 0) is 20.9 Å². The van der Waals surface area contributed by atoms with Crippen LogP contribution in [0.15, 0.2) is 12.4 Å². The number of carboxylic acids is 1. The van der Waals surface area contributed by atoms with Crippen molar-refractivity contribution in [1.82, 2.24) is 20.0 Å². The Morgan fingerprint density at radius 1 is 1.48 bits per heavy atom. The first kappa shape index (κ1) is 14.5.